The van der Waals surface area contributed by atoms with Crippen molar-refractivity contribution >= 4 is 22.4 Å². The highest BCUT2D eigenvalue weighted by Crippen LogP contribution is 2.37. The van der Waals surface area contributed by atoms with Gasteiger partial charge in [0.25, 0.3) is 0 Å². The Hall–Kier alpha value is -1.75. The normalized spacial score (nSPS) is 29.4. The van der Waals surface area contributed by atoms with Crippen molar-refractivity contribution in [2.75, 3.05) is 17.6 Å². The molecule has 1 aromatic heterocycles. The van der Waals surface area contributed by atoms with E-state index in [0.717, 1.165) is 48.2 Å². The van der Waals surface area contributed by atoms with E-state index in [1.54, 1.807) is 0 Å². The first-order valence-corrected chi connectivity index (χ1v) is 7.39. The molecule has 0 spiro atoms. The minimum atomic E-state index is 0.289. The van der Waals surface area contributed by atoms with Crippen LogP contribution in [0.1, 0.15) is 32.2 Å². The molecule has 3 N–H and O–H groups in total. The van der Waals surface area contributed by atoms with Gasteiger partial charge in [-0.2, -0.15) is 5.10 Å². The molecule has 3 atom stereocenters. The number of nitrogens with zero attached hydrogens (tertiary/aromatic N) is 2. The van der Waals surface area contributed by atoms with E-state index in [2.05, 4.69) is 23.0 Å². The summed E-state index contributed by atoms with van der Waals surface area (Å²) in [6.45, 7) is 3.13. The Morgan fingerprint density at radius 3 is 3.05 bits per heavy atom. The minimum absolute atomic E-state index is 0.289. The Kier molecular flexibility index (Phi) is 2.63. The molecule has 1 aromatic carbocycles. The molecule has 0 amide bonds. The lowest BCUT2D eigenvalue weighted by Crippen LogP contribution is -2.32. The molecule has 106 valence electrons. The van der Waals surface area contributed by atoms with Gasteiger partial charge in [0.15, 0.2) is 0 Å². The maximum Gasteiger partial charge on any atom is 0.132 e. The third kappa shape index (κ3) is 1.77. The number of rotatable bonds is 1. The van der Waals surface area contributed by atoms with E-state index in [9.17, 15) is 0 Å². The Morgan fingerprint density at radius 2 is 2.25 bits per heavy atom. The van der Waals surface area contributed by atoms with Crippen LogP contribution in [0.15, 0.2) is 18.2 Å². The van der Waals surface area contributed by atoms with Crippen LogP contribution in [-0.4, -0.2) is 28.5 Å². The Labute approximate surface area is 118 Å². The molecular weight excluding hydrogens is 252 g/mol. The maximum absolute atomic E-state index is 6.06. The SMILES string of the molecule is CC1CCC(C2CCNc3c4ccc(N)cc4nn32)O1. The quantitative estimate of drug-likeness (QED) is 0.783. The van der Waals surface area contributed by atoms with Crippen LogP contribution in [0.3, 0.4) is 0 Å². The zero-order valence-electron chi connectivity index (χ0n) is 11.7. The number of anilines is 2. The number of nitrogen functional groups attached to an aromatic ring is 1. The summed E-state index contributed by atoms with van der Waals surface area (Å²) < 4.78 is 8.19. The van der Waals surface area contributed by atoms with Crippen molar-refractivity contribution in [1.29, 1.82) is 0 Å². The third-order valence-electron chi connectivity index (χ3n) is 4.46. The lowest BCUT2D eigenvalue weighted by atomic mass is 10.0. The number of hydrogen-bond donors (Lipinski definition) is 2. The minimum Gasteiger partial charge on any atom is -0.399 e. The van der Waals surface area contributed by atoms with Gasteiger partial charge >= 0.3 is 0 Å². The number of hydrogen-bond acceptors (Lipinski definition) is 4. The lowest BCUT2D eigenvalue weighted by Gasteiger charge is -2.30. The second kappa shape index (κ2) is 4.38. The monoisotopic (exact) mass is 272 g/mol. The van der Waals surface area contributed by atoms with E-state index < -0.39 is 0 Å². The summed E-state index contributed by atoms with van der Waals surface area (Å²) in [5.74, 6) is 1.11. The van der Waals surface area contributed by atoms with Crippen LogP contribution >= 0.6 is 0 Å². The van der Waals surface area contributed by atoms with Gasteiger partial charge in [-0.1, -0.05) is 0 Å². The summed E-state index contributed by atoms with van der Waals surface area (Å²) in [6.07, 6.45) is 4.01. The van der Waals surface area contributed by atoms with Gasteiger partial charge in [0.2, 0.25) is 0 Å². The smallest absolute Gasteiger partial charge is 0.132 e. The van der Waals surface area contributed by atoms with Gasteiger partial charge in [-0.25, -0.2) is 4.68 Å². The molecule has 20 heavy (non-hydrogen) atoms. The molecule has 1 saturated heterocycles. The molecule has 2 aromatic rings. The third-order valence-corrected chi connectivity index (χ3v) is 4.46. The number of benzene rings is 1. The Bertz CT molecular complexity index is 651. The molecule has 2 aliphatic rings. The second-order valence-electron chi connectivity index (χ2n) is 5.92. The van der Waals surface area contributed by atoms with Crippen LogP contribution in [0.25, 0.3) is 10.9 Å². The van der Waals surface area contributed by atoms with Gasteiger partial charge in [0.05, 0.1) is 23.8 Å². The van der Waals surface area contributed by atoms with Crippen LogP contribution < -0.4 is 11.1 Å². The van der Waals surface area contributed by atoms with Gasteiger partial charge in [-0.05, 0) is 44.4 Å². The van der Waals surface area contributed by atoms with Crippen LogP contribution in [-0.2, 0) is 4.74 Å². The van der Waals surface area contributed by atoms with Crippen LogP contribution in [0.2, 0.25) is 0 Å². The van der Waals surface area contributed by atoms with E-state index >= 15 is 0 Å². The maximum atomic E-state index is 6.06. The number of ether oxygens (including phenoxy) is 1. The summed E-state index contributed by atoms with van der Waals surface area (Å²) in [5.41, 5.74) is 7.59. The fourth-order valence-electron chi connectivity index (χ4n) is 3.46. The van der Waals surface area contributed by atoms with Gasteiger partial charge in [-0.15, -0.1) is 0 Å². The first kappa shape index (κ1) is 12.0. The van der Waals surface area contributed by atoms with Crippen molar-refractivity contribution in [1.82, 2.24) is 9.78 Å². The van der Waals surface area contributed by atoms with E-state index in [1.165, 1.54) is 0 Å². The van der Waals surface area contributed by atoms with E-state index in [-0.39, 0.29) is 6.10 Å². The molecule has 0 radical (unpaired) electrons. The molecular formula is C15H20N4O. The fourth-order valence-corrected chi connectivity index (χ4v) is 3.46. The summed E-state index contributed by atoms with van der Waals surface area (Å²) in [6, 6.07) is 6.27. The summed E-state index contributed by atoms with van der Waals surface area (Å²) >= 11 is 0. The molecule has 4 rings (SSSR count). The molecule has 0 aliphatic carbocycles. The van der Waals surface area contributed by atoms with Crippen molar-refractivity contribution in [3.8, 4) is 0 Å². The van der Waals surface area contributed by atoms with Crippen LogP contribution in [0, 0.1) is 0 Å². The Morgan fingerprint density at radius 1 is 1.35 bits per heavy atom. The highest BCUT2D eigenvalue weighted by atomic mass is 16.5. The molecule has 0 bridgehead atoms. The average Bonchev–Trinajstić information content (AvgIpc) is 3.01. The number of fused-ring (bicyclic) bond motifs is 3. The Balaban J connectivity index is 1.78. The molecule has 3 unspecified atom stereocenters. The zero-order valence-corrected chi connectivity index (χ0v) is 11.7. The second-order valence-corrected chi connectivity index (χ2v) is 5.92. The van der Waals surface area contributed by atoms with Crippen molar-refractivity contribution in [2.45, 2.75) is 44.4 Å². The van der Waals surface area contributed by atoms with E-state index in [1.807, 2.05) is 12.1 Å². The van der Waals surface area contributed by atoms with Crippen LogP contribution in [0.5, 0.6) is 0 Å². The predicted molar refractivity (Wildman–Crippen MR) is 79.9 cm³/mol. The first-order valence-electron chi connectivity index (χ1n) is 7.39. The standard InChI is InChI=1S/C15H20N4O/c1-9-2-5-14(20-9)13-6-7-17-15-11-4-3-10(16)8-12(11)18-19(13)15/h3-4,8-9,13-14,17H,2,5-7,16H2,1H3. The predicted octanol–water partition coefficient (Wildman–Crippen LogP) is 2.54. The number of aromatic nitrogens is 2. The largest absolute Gasteiger partial charge is 0.399 e. The van der Waals surface area contributed by atoms with Crippen LogP contribution in [0.4, 0.5) is 11.5 Å². The van der Waals surface area contributed by atoms with Gasteiger partial charge < -0.3 is 15.8 Å². The topological polar surface area (TPSA) is 65.1 Å². The molecule has 2 aliphatic heterocycles. The van der Waals surface area contributed by atoms with Crippen molar-refractivity contribution in [2.24, 2.45) is 0 Å². The highest BCUT2D eigenvalue weighted by molar-refractivity contribution is 5.92. The van der Waals surface area contributed by atoms with E-state index in [0.29, 0.717) is 12.1 Å². The molecule has 5 heteroatoms. The summed E-state index contributed by atoms with van der Waals surface area (Å²) in [7, 11) is 0. The number of nitrogens with one attached hydrogen (secondary N) is 1. The summed E-state index contributed by atoms with van der Waals surface area (Å²) in [4.78, 5) is 0. The van der Waals surface area contributed by atoms with Crippen molar-refractivity contribution in [3.63, 3.8) is 0 Å². The average molecular weight is 272 g/mol. The van der Waals surface area contributed by atoms with Gasteiger partial charge in [-0.3, -0.25) is 0 Å². The molecule has 5 nitrogen and oxygen atoms in total. The summed E-state index contributed by atoms with van der Waals surface area (Å²) in [5, 5.41) is 9.38. The van der Waals surface area contributed by atoms with Gasteiger partial charge in [0.1, 0.15) is 5.82 Å². The zero-order chi connectivity index (χ0) is 13.7. The highest BCUT2D eigenvalue weighted by Gasteiger charge is 2.34. The molecule has 0 saturated carbocycles. The van der Waals surface area contributed by atoms with Gasteiger partial charge in [0, 0.05) is 17.6 Å². The number of nitrogens with two attached hydrogens (primary N) is 1. The first-order chi connectivity index (χ1) is 9.72. The molecule has 3 heterocycles. The molecule has 1 fully saturated rings. The van der Waals surface area contributed by atoms with Crippen molar-refractivity contribution in [3.05, 3.63) is 18.2 Å². The lowest BCUT2D eigenvalue weighted by molar-refractivity contribution is 0.0175. The fraction of sp³-hybridized carbons (Fsp3) is 0.533. The van der Waals surface area contributed by atoms with E-state index in [4.69, 9.17) is 15.6 Å². The van der Waals surface area contributed by atoms with Crippen molar-refractivity contribution < 1.29 is 4.74 Å².